The van der Waals surface area contributed by atoms with E-state index < -0.39 is 0 Å². The van der Waals surface area contributed by atoms with Crippen LogP contribution >= 0.6 is 0 Å². The highest BCUT2D eigenvalue weighted by Crippen LogP contribution is 2.27. The summed E-state index contributed by atoms with van der Waals surface area (Å²) in [4.78, 5) is 20.6. The van der Waals surface area contributed by atoms with Crippen LogP contribution < -0.4 is 10.1 Å². The second kappa shape index (κ2) is 8.21. The molecule has 7 nitrogen and oxygen atoms in total. The Kier molecular flexibility index (Phi) is 5.32. The second-order valence-electron chi connectivity index (χ2n) is 6.86. The molecule has 2 aromatic heterocycles. The molecule has 0 saturated carbocycles. The zero-order chi connectivity index (χ0) is 19.3. The molecule has 0 radical (unpaired) electrons. The predicted octanol–water partition coefficient (Wildman–Crippen LogP) is 3.27. The van der Waals surface area contributed by atoms with Crippen LogP contribution in [0.2, 0.25) is 0 Å². The van der Waals surface area contributed by atoms with Gasteiger partial charge in [-0.3, -0.25) is 9.78 Å². The lowest BCUT2D eigenvalue weighted by Crippen LogP contribution is -2.27. The van der Waals surface area contributed by atoms with Crippen molar-refractivity contribution in [1.82, 2.24) is 20.4 Å². The van der Waals surface area contributed by atoms with E-state index >= 15 is 0 Å². The first-order valence-corrected chi connectivity index (χ1v) is 9.47. The molecule has 3 aromatic rings. The average Bonchev–Trinajstić information content (AvgIpc) is 3.22. The number of benzene rings is 1. The van der Waals surface area contributed by atoms with Crippen LogP contribution in [0.15, 0.2) is 47.2 Å². The van der Waals surface area contributed by atoms with Gasteiger partial charge in [-0.2, -0.15) is 4.98 Å². The summed E-state index contributed by atoms with van der Waals surface area (Å²) >= 11 is 0. The summed E-state index contributed by atoms with van der Waals surface area (Å²) in [5, 5.41) is 6.99. The fourth-order valence-corrected chi connectivity index (χ4v) is 3.24. The zero-order valence-corrected chi connectivity index (χ0v) is 15.7. The van der Waals surface area contributed by atoms with Crippen LogP contribution in [-0.4, -0.2) is 27.6 Å². The molecule has 1 amide bonds. The van der Waals surface area contributed by atoms with Gasteiger partial charge in [0, 0.05) is 30.8 Å². The molecule has 0 bridgehead atoms. The van der Waals surface area contributed by atoms with Gasteiger partial charge in [-0.1, -0.05) is 17.3 Å². The third-order valence-electron chi connectivity index (χ3n) is 4.78. The maximum absolute atomic E-state index is 12.3. The Morgan fingerprint density at radius 3 is 2.96 bits per heavy atom. The lowest BCUT2D eigenvalue weighted by molar-refractivity contribution is -0.121. The van der Waals surface area contributed by atoms with Gasteiger partial charge in [0.1, 0.15) is 5.75 Å². The van der Waals surface area contributed by atoms with E-state index in [2.05, 4.69) is 26.5 Å². The van der Waals surface area contributed by atoms with Crippen LogP contribution in [0.3, 0.4) is 0 Å². The SMILES string of the molecule is C[C@H](NC(=O)CCc1nc(-c2ccncc2)no1)c1ccc2c(c1)CCCO2. The van der Waals surface area contributed by atoms with Crippen LogP contribution in [0.4, 0.5) is 0 Å². The highest BCUT2D eigenvalue weighted by Gasteiger charge is 2.16. The summed E-state index contributed by atoms with van der Waals surface area (Å²) in [6, 6.07) is 9.67. The molecule has 3 heterocycles. The summed E-state index contributed by atoms with van der Waals surface area (Å²) in [6.45, 7) is 2.76. The standard InChI is InChI=1S/C21H22N4O3/c1-14(16-4-5-18-17(13-16)3-2-12-27-18)23-19(26)6-7-20-24-21(25-28-20)15-8-10-22-11-9-15/h4-5,8-11,13-14H,2-3,6-7,12H2,1H3,(H,23,26)/t14-/m0/s1. The van der Waals surface area contributed by atoms with Crippen LogP contribution in [-0.2, 0) is 17.6 Å². The van der Waals surface area contributed by atoms with Crippen molar-refractivity contribution in [2.24, 2.45) is 0 Å². The van der Waals surface area contributed by atoms with E-state index in [0.717, 1.165) is 36.3 Å². The molecule has 1 N–H and O–H groups in total. The maximum atomic E-state index is 12.3. The Hall–Kier alpha value is -3.22. The molecule has 0 aliphatic carbocycles. The van der Waals surface area contributed by atoms with E-state index in [1.54, 1.807) is 12.4 Å². The van der Waals surface area contributed by atoms with Crippen molar-refractivity contribution in [2.75, 3.05) is 6.61 Å². The number of fused-ring (bicyclic) bond motifs is 1. The number of carbonyl (C=O) groups is 1. The molecule has 1 aliphatic heterocycles. The molecule has 28 heavy (non-hydrogen) atoms. The lowest BCUT2D eigenvalue weighted by atomic mass is 10.00. The van der Waals surface area contributed by atoms with Gasteiger partial charge in [0.05, 0.1) is 12.6 Å². The van der Waals surface area contributed by atoms with E-state index in [1.165, 1.54) is 5.56 Å². The first-order valence-electron chi connectivity index (χ1n) is 9.47. The van der Waals surface area contributed by atoms with Gasteiger partial charge in [0.2, 0.25) is 17.6 Å². The molecular weight excluding hydrogens is 356 g/mol. The van der Waals surface area contributed by atoms with Gasteiger partial charge >= 0.3 is 0 Å². The molecule has 1 atom stereocenters. The van der Waals surface area contributed by atoms with Crippen molar-refractivity contribution in [2.45, 2.75) is 38.6 Å². The Bertz CT molecular complexity index is 955. The molecule has 0 spiro atoms. The number of pyridine rings is 1. The number of nitrogens with one attached hydrogen (secondary N) is 1. The first kappa shape index (κ1) is 18.2. The smallest absolute Gasteiger partial charge is 0.227 e. The summed E-state index contributed by atoms with van der Waals surface area (Å²) in [5.74, 6) is 1.85. The Morgan fingerprint density at radius 1 is 1.25 bits per heavy atom. The number of aromatic nitrogens is 3. The molecule has 0 fully saturated rings. The third-order valence-corrected chi connectivity index (χ3v) is 4.78. The van der Waals surface area contributed by atoms with Gasteiger partial charge in [0.25, 0.3) is 0 Å². The quantitative estimate of drug-likeness (QED) is 0.708. The van der Waals surface area contributed by atoms with E-state index in [4.69, 9.17) is 9.26 Å². The summed E-state index contributed by atoms with van der Waals surface area (Å²) in [7, 11) is 0. The van der Waals surface area contributed by atoms with Crippen molar-refractivity contribution in [1.29, 1.82) is 0 Å². The van der Waals surface area contributed by atoms with Gasteiger partial charge in [-0.25, -0.2) is 0 Å². The second-order valence-corrected chi connectivity index (χ2v) is 6.86. The number of ether oxygens (including phenoxy) is 1. The average molecular weight is 378 g/mol. The minimum absolute atomic E-state index is 0.0508. The van der Waals surface area contributed by atoms with E-state index in [0.29, 0.717) is 18.1 Å². The minimum Gasteiger partial charge on any atom is -0.493 e. The summed E-state index contributed by atoms with van der Waals surface area (Å²) in [5.41, 5.74) is 3.12. The number of rotatable bonds is 6. The third kappa shape index (κ3) is 4.19. The topological polar surface area (TPSA) is 90.1 Å². The summed E-state index contributed by atoms with van der Waals surface area (Å²) in [6.07, 6.45) is 6.08. The largest absolute Gasteiger partial charge is 0.493 e. The highest BCUT2D eigenvalue weighted by molar-refractivity contribution is 5.76. The van der Waals surface area contributed by atoms with Crippen molar-refractivity contribution < 1.29 is 14.1 Å². The Labute approximate surface area is 163 Å². The molecular formula is C21H22N4O3. The predicted molar refractivity (Wildman–Crippen MR) is 103 cm³/mol. The molecule has 1 aromatic carbocycles. The number of amides is 1. The highest BCUT2D eigenvalue weighted by atomic mass is 16.5. The van der Waals surface area contributed by atoms with Crippen molar-refractivity contribution in [3.63, 3.8) is 0 Å². The van der Waals surface area contributed by atoms with Crippen molar-refractivity contribution in [3.8, 4) is 17.1 Å². The molecule has 144 valence electrons. The normalized spacial score (nSPS) is 14.0. The van der Waals surface area contributed by atoms with E-state index in [-0.39, 0.29) is 18.4 Å². The van der Waals surface area contributed by atoms with Gasteiger partial charge in [-0.05, 0) is 49.1 Å². The lowest BCUT2D eigenvalue weighted by Gasteiger charge is -2.20. The van der Waals surface area contributed by atoms with Gasteiger partial charge in [-0.15, -0.1) is 0 Å². The zero-order valence-electron chi connectivity index (χ0n) is 15.7. The van der Waals surface area contributed by atoms with Crippen LogP contribution in [0.5, 0.6) is 5.75 Å². The molecule has 0 saturated heterocycles. The Morgan fingerprint density at radius 2 is 2.11 bits per heavy atom. The molecule has 1 aliphatic rings. The van der Waals surface area contributed by atoms with Gasteiger partial charge < -0.3 is 14.6 Å². The van der Waals surface area contributed by atoms with Crippen LogP contribution in [0, 0.1) is 0 Å². The van der Waals surface area contributed by atoms with Crippen LogP contribution in [0.1, 0.15) is 42.8 Å². The molecule has 7 heteroatoms. The minimum atomic E-state index is -0.0743. The van der Waals surface area contributed by atoms with E-state index in [9.17, 15) is 4.79 Å². The number of hydrogen-bond acceptors (Lipinski definition) is 6. The molecule has 4 rings (SSSR count). The maximum Gasteiger partial charge on any atom is 0.227 e. The molecule has 0 unspecified atom stereocenters. The summed E-state index contributed by atoms with van der Waals surface area (Å²) < 4.78 is 10.9. The van der Waals surface area contributed by atoms with Gasteiger partial charge in [0.15, 0.2) is 0 Å². The fourth-order valence-electron chi connectivity index (χ4n) is 3.24. The number of aryl methyl sites for hydroxylation is 2. The van der Waals surface area contributed by atoms with E-state index in [1.807, 2.05) is 31.2 Å². The fraction of sp³-hybridized carbons (Fsp3) is 0.333. The number of carbonyl (C=O) groups excluding carboxylic acids is 1. The Balaban J connectivity index is 1.31. The first-order chi connectivity index (χ1) is 13.7. The van der Waals surface area contributed by atoms with Crippen molar-refractivity contribution in [3.05, 3.63) is 59.7 Å². The number of nitrogens with zero attached hydrogens (tertiary/aromatic N) is 3. The van der Waals surface area contributed by atoms with Crippen molar-refractivity contribution >= 4 is 5.91 Å². The number of hydrogen-bond donors (Lipinski definition) is 1. The monoisotopic (exact) mass is 378 g/mol. The van der Waals surface area contributed by atoms with Crippen LogP contribution in [0.25, 0.3) is 11.4 Å².